The Morgan fingerprint density at radius 2 is 1.80 bits per heavy atom. The summed E-state index contributed by atoms with van der Waals surface area (Å²) >= 11 is 0. The lowest BCUT2D eigenvalue weighted by molar-refractivity contribution is -0.148. The van der Waals surface area contributed by atoms with Gasteiger partial charge in [0, 0.05) is 5.39 Å². The van der Waals surface area contributed by atoms with Crippen LogP contribution in [0.1, 0.15) is 55.5 Å². The van der Waals surface area contributed by atoms with E-state index in [0.29, 0.717) is 16.6 Å². The Hall–Kier alpha value is -4.66. The normalized spacial score (nSPS) is 14.4. The average Bonchev–Trinajstić information content (AvgIpc) is 3.55. The van der Waals surface area contributed by atoms with Crippen molar-refractivity contribution in [3.63, 3.8) is 0 Å². The number of nitrogens with one attached hydrogen (secondary N) is 2. The Balaban J connectivity index is 1.19. The predicted octanol–water partition coefficient (Wildman–Crippen LogP) is 5.87. The number of urea groups is 1. The molecule has 40 heavy (non-hydrogen) atoms. The highest BCUT2D eigenvalue weighted by Crippen LogP contribution is 2.35. The lowest BCUT2D eigenvalue weighted by Gasteiger charge is -2.21. The number of anilines is 1. The van der Waals surface area contributed by atoms with E-state index >= 15 is 0 Å². The first-order valence-corrected chi connectivity index (χ1v) is 13.2. The van der Waals surface area contributed by atoms with Crippen LogP contribution in [0.4, 0.5) is 15.3 Å². The second-order valence-corrected chi connectivity index (χ2v) is 10.8. The van der Waals surface area contributed by atoms with Crippen LogP contribution < -0.4 is 10.6 Å². The number of aromatic nitrogens is 2. The van der Waals surface area contributed by atoms with Gasteiger partial charge in [-0.2, -0.15) is 9.78 Å². The number of carbonyl (C=O) groups is 3. The van der Waals surface area contributed by atoms with Crippen LogP contribution in [0.3, 0.4) is 0 Å². The number of aryl methyl sites for hydroxylation is 1. The molecule has 3 aromatic carbocycles. The number of amides is 2. The number of carbonyl (C=O) groups excluding carboxylic acids is 3. The smallest absolute Gasteiger partial charge is 0.435 e. The molecule has 1 aromatic heterocycles. The lowest BCUT2D eigenvalue weighted by Crippen LogP contribution is -2.31. The molecule has 1 heterocycles. The van der Waals surface area contributed by atoms with Crippen LogP contribution in [-0.4, -0.2) is 34.5 Å². The van der Waals surface area contributed by atoms with E-state index in [1.165, 1.54) is 17.3 Å². The van der Waals surface area contributed by atoms with Crippen molar-refractivity contribution in [1.29, 1.82) is 0 Å². The molecule has 0 fully saturated rings. The number of nitrogens with zero attached hydrogens (tertiary/aromatic N) is 2. The monoisotopic (exact) mass is 540 g/mol. The minimum absolute atomic E-state index is 0.0686. The zero-order valence-corrected chi connectivity index (χ0v) is 22.8. The third kappa shape index (κ3) is 5.98. The molecule has 0 saturated carbocycles. The largest absolute Gasteiger partial charge is 0.458 e. The topological polar surface area (TPSA) is 112 Å². The highest BCUT2D eigenvalue weighted by Gasteiger charge is 2.26. The zero-order valence-electron chi connectivity index (χ0n) is 22.8. The summed E-state index contributed by atoms with van der Waals surface area (Å²) in [5.41, 5.74) is 5.51. The maximum absolute atomic E-state index is 12.9. The summed E-state index contributed by atoms with van der Waals surface area (Å²) in [6.45, 7) is 6.11. The van der Waals surface area contributed by atoms with Crippen molar-refractivity contribution in [2.24, 2.45) is 0 Å². The summed E-state index contributed by atoms with van der Waals surface area (Å²) in [5, 5.41) is 10.6. The number of fused-ring (bicyclic) bond motifs is 2. The van der Waals surface area contributed by atoms with Gasteiger partial charge in [0.15, 0.2) is 6.61 Å². The van der Waals surface area contributed by atoms with Crippen molar-refractivity contribution >= 4 is 34.7 Å². The fourth-order valence-corrected chi connectivity index (χ4v) is 4.82. The quantitative estimate of drug-likeness (QED) is 0.296. The van der Waals surface area contributed by atoms with Crippen molar-refractivity contribution in [2.45, 2.75) is 51.7 Å². The van der Waals surface area contributed by atoms with Crippen molar-refractivity contribution < 1.29 is 23.9 Å². The molecule has 4 aromatic rings. The molecule has 2 N–H and O–H groups in total. The van der Waals surface area contributed by atoms with Gasteiger partial charge in [0.05, 0.1) is 23.4 Å². The molecular weight excluding hydrogens is 508 g/mol. The molecule has 9 nitrogen and oxygen atoms in total. The standard InChI is InChI=1S/C31H32N4O5/c1-31(2,3)22-13-14-23-21(16-22)12-15-26(23)34-29(37)33-25-10-7-11-27-24(25)17-32-35(27)30(38)40-19-28(36)39-18-20-8-5-4-6-9-20/h4-11,13-14,16-17,26H,12,15,18-19H2,1-3H3,(H2,33,34,37)/t26-/m1/s1. The maximum atomic E-state index is 12.9. The number of esters is 1. The average molecular weight is 541 g/mol. The summed E-state index contributed by atoms with van der Waals surface area (Å²) < 4.78 is 11.3. The molecular formula is C31H32N4O5. The number of benzene rings is 3. The van der Waals surface area contributed by atoms with Crippen LogP contribution in [0, 0.1) is 0 Å². The predicted molar refractivity (Wildman–Crippen MR) is 151 cm³/mol. The van der Waals surface area contributed by atoms with Gasteiger partial charge in [-0.05, 0) is 52.6 Å². The molecule has 1 aliphatic carbocycles. The number of hydrogen-bond acceptors (Lipinski definition) is 6. The molecule has 5 rings (SSSR count). The molecule has 0 radical (unpaired) electrons. The first-order chi connectivity index (χ1) is 19.2. The Morgan fingerprint density at radius 1 is 1.00 bits per heavy atom. The van der Waals surface area contributed by atoms with E-state index in [4.69, 9.17) is 9.47 Å². The van der Waals surface area contributed by atoms with E-state index in [1.54, 1.807) is 18.2 Å². The van der Waals surface area contributed by atoms with Gasteiger partial charge in [-0.25, -0.2) is 14.4 Å². The highest BCUT2D eigenvalue weighted by molar-refractivity contribution is 6.02. The van der Waals surface area contributed by atoms with Gasteiger partial charge in [0.2, 0.25) is 0 Å². The molecule has 0 spiro atoms. The molecule has 0 unspecified atom stereocenters. The highest BCUT2D eigenvalue weighted by atomic mass is 16.6. The summed E-state index contributed by atoms with van der Waals surface area (Å²) in [4.78, 5) is 37.6. The van der Waals surface area contributed by atoms with E-state index in [9.17, 15) is 14.4 Å². The van der Waals surface area contributed by atoms with Crippen LogP contribution in [0.15, 0.2) is 72.9 Å². The van der Waals surface area contributed by atoms with Gasteiger partial charge < -0.3 is 20.1 Å². The molecule has 0 bridgehead atoms. The zero-order chi connectivity index (χ0) is 28.3. The minimum Gasteiger partial charge on any atom is -0.458 e. The van der Waals surface area contributed by atoms with E-state index in [1.807, 2.05) is 30.3 Å². The molecule has 2 amide bonds. The van der Waals surface area contributed by atoms with Gasteiger partial charge in [0.25, 0.3) is 0 Å². The number of ether oxygens (including phenoxy) is 2. The fraction of sp³-hybridized carbons (Fsp3) is 0.290. The Morgan fingerprint density at radius 3 is 2.58 bits per heavy atom. The van der Waals surface area contributed by atoms with Crippen molar-refractivity contribution in [2.75, 3.05) is 11.9 Å². The van der Waals surface area contributed by atoms with Crippen LogP contribution in [-0.2, 0) is 32.7 Å². The van der Waals surface area contributed by atoms with Gasteiger partial charge in [-0.15, -0.1) is 0 Å². The van der Waals surface area contributed by atoms with Crippen molar-refractivity contribution in [3.05, 3.63) is 95.2 Å². The Bertz CT molecular complexity index is 1560. The van der Waals surface area contributed by atoms with Crippen LogP contribution >= 0.6 is 0 Å². The second-order valence-electron chi connectivity index (χ2n) is 10.8. The van der Waals surface area contributed by atoms with Crippen LogP contribution in [0.25, 0.3) is 10.9 Å². The third-order valence-electron chi connectivity index (χ3n) is 6.98. The molecule has 206 valence electrons. The van der Waals surface area contributed by atoms with E-state index < -0.39 is 18.7 Å². The SMILES string of the molecule is CC(C)(C)c1ccc2c(c1)CC[C@H]2NC(=O)Nc1cccc2c1cnn2C(=O)OCC(=O)OCc1ccccc1. The lowest BCUT2D eigenvalue weighted by atomic mass is 9.85. The molecule has 0 saturated heterocycles. The van der Waals surface area contributed by atoms with E-state index in [0.717, 1.165) is 28.7 Å². The molecule has 1 atom stereocenters. The van der Waals surface area contributed by atoms with Gasteiger partial charge in [-0.3, -0.25) is 0 Å². The maximum Gasteiger partial charge on any atom is 0.435 e. The van der Waals surface area contributed by atoms with Gasteiger partial charge in [-0.1, -0.05) is 75.4 Å². The Kier molecular flexibility index (Phi) is 7.55. The van der Waals surface area contributed by atoms with Gasteiger partial charge in [0.1, 0.15) is 6.61 Å². The molecule has 1 aliphatic rings. The summed E-state index contributed by atoms with van der Waals surface area (Å²) in [5.74, 6) is -0.671. The minimum atomic E-state index is -0.828. The van der Waals surface area contributed by atoms with Crippen LogP contribution in [0.5, 0.6) is 0 Å². The summed E-state index contributed by atoms with van der Waals surface area (Å²) in [6, 6.07) is 20.4. The number of hydrogen-bond donors (Lipinski definition) is 2. The first kappa shape index (κ1) is 26.9. The van der Waals surface area contributed by atoms with Gasteiger partial charge >= 0.3 is 18.1 Å². The van der Waals surface area contributed by atoms with E-state index in [-0.39, 0.29) is 24.1 Å². The first-order valence-electron chi connectivity index (χ1n) is 13.2. The van der Waals surface area contributed by atoms with Crippen LogP contribution in [0.2, 0.25) is 0 Å². The van der Waals surface area contributed by atoms with Crippen molar-refractivity contribution in [3.8, 4) is 0 Å². The van der Waals surface area contributed by atoms with Crippen molar-refractivity contribution in [1.82, 2.24) is 15.1 Å². The third-order valence-corrected chi connectivity index (χ3v) is 6.98. The Labute approximate surface area is 232 Å². The second kappa shape index (κ2) is 11.2. The summed E-state index contributed by atoms with van der Waals surface area (Å²) in [7, 11) is 0. The van der Waals surface area contributed by atoms with E-state index in [2.05, 4.69) is 54.7 Å². The number of rotatable bonds is 6. The molecule has 9 heteroatoms. The summed E-state index contributed by atoms with van der Waals surface area (Å²) in [6.07, 6.45) is 2.39. The fourth-order valence-electron chi connectivity index (χ4n) is 4.82. The molecule has 0 aliphatic heterocycles.